The predicted octanol–water partition coefficient (Wildman–Crippen LogP) is 3.61. The fraction of sp³-hybridized carbons (Fsp3) is 0.143. The van der Waals surface area contributed by atoms with Crippen molar-refractivity contribution in [3.05, 3.63) is 27.1 Å². The second-order valence-corrected chi connectivity index (χ2v) is 3.49. The SMILES string of the molecule is FC(F)Oc1c(Br)[c]ccc1Br. The van der Waals surface area contributed by atoms with Gasteiger partial charge in [-0.3, -0.25) is 0 Å². The molecule has 0 bridgehead atoms. The summed E-state index contributed by atoms with van der Waals surface area (Å²) in [7, 11) is 0. The summed E-state index contributed by atoms with van der Waals surface area (Å²) in [5, 5.41) is 0. The summed E-state index contributed by atoms with van der Waals surface area (Å²) in [6.07, 6.45) is 0. The van der Waals surface area contributed by atoms with E-state index in [1.54, 1.807) is 12.1 Å². The molecule has 0 fully saturated rings. The molecule has 0 unspecified atom stereocenters. The molecule has 1 rings (SSSR count). The Kier molecular flexibility index (Phi) is 3.46. The third-order valence-electron chi connectivity index (χ3n) is 1.06. The van der Waals surface area contributed by atoms with Crippen LogP contribution < -0.4 is 4.74 Å². The topological polar surface area (TPSA) is 9.23 Å². The van der Waals surface area contributed by atoms with E-state index in [1.165, 1.54) is 0 Å². The van der Waals surface area contributed by atoms with Crippen molar-refractivity contribution in [1.29, 1.82) is 0 Å². The zero-order valence-electron chi connectivity index (χ0n) is 5.65. The van der Waals surface area contributed by atoms with Gasteiger partial charge in [-0.1, -0.05) is 6.07 Å². The number of hydrogen-bond acceptors (Lipinski definition) is 1. The summed E-state index contributed by atoms with van der Waals surface area (Å²) in [6, 6.07) is 5.84. The molecule has 5 heteroatoms. The lowest BCUT2D eigenvalue weighted by Crippen LogP contribution is -2.02. The van der Waals surface area contributed by atoms with Gasteiger partial charge in [0.15, 0.2) is 5.75 Å². The van der Waals surface area contributed by atoms with Crippen LogP contribution in [0.15, 0.2) is 21.1 Å². The van der Waals surface area contributed by atoms with Crippen LogP contribution in [-0.4, -0.2) is 6.61 Å². The predicted molar refractivity (Wildman–Crippen MR) is 47.3 cm³/mol. The Balaban J connectivity index is 2.96. The summed E-state index contributed by atoms with van der Waals surface area (Å²) in [5.41, 5.74) is 0. The second-order valence-electron chi connectivity index (χ2n) is 1.85. The first kappa shape index (κ1) is 9.92. The summed E-state index contributed by atoms with van der Waals surface area (Å²) in [4.78, 5) is 0. The molecule has 0 heterocycles. The minimum atomic E-state index is -2.83. The Bertz CT molecular complexity index is 258. The van der Waals surface area contributed by atoms with Gasteiger partial charge in [-0.15, -0.1) is 0 Å². The van der Waals surface area contributed by atoms with E-state index in [4.69, 9.17) is 0 Å². The van der Waals surface area contributed by atoms with Crippen molar-refractivity contribution < 1.29 is 13.5 Å². The van der Waals surface area contributed by atoms with E-state index in [2.05, 4.69) is 42.7 Å². The van der Waals surface area contributed by atoms with Crippen molar-refractivity contribution in [1.82, 2.24) is 0 Å². The highest BCUT2D eigenvalue weighted by atomic mass is 79.9. The number of rotatable bonds is 2. The van der Waals surface area contributed by atoms with Gasteiger partial charge in [0.25, 0.3) is 0 Å². The molecule has 1 nitrogen and oxygen atoms in total. The standard InChI is InChI=1S/C7H3Br2F2O/c8-4-2-1-3-5(9)6(4)12-7(10)11/h1-2,7H. The highest BCUT2D eigenvalue weighted by molar-refractivity contribution is 9.11. The van der Waals surface area contributed by atoms with Gasteiger partial charge in [-0.05, 0) is 37.9 Å². The third kappa shape index (κ3) is 2.42. The Hall–Kier alpha value is -0.160. The van der Waals surface area contributed by atoms with Gasteiger partial charge in [0.1, 0.15) is 0 Å². The molecule has 0 N–H and O–H groups in total. The first-order valence-electron chi connectivity index (χ1n) is 2.91. The lowest BCUT2D eigenvalue weighted by Gasteiger charge is -2.07. The van der Waals surface area contributed by atoms with E-state index in [0.29, 0.717) is 8.95 Å². The fourth-order valence-corrected chi connectivity index (χ4v) is 1.76. The summed E-state index contributed by atoms with van der Waals surface area (Å²) in [6.45, 7) is -2.83. The maximum Gasteiger partial charge on any atom is 0.387 e. The average Bonchev–Trinajstić information content (AvgIpc) is 1.97. The lowest BCUT2D eigenvalue weighted by molar-refractivity contribution is -0.0508. The number of benzene rings is 1. The number of ether oxygens (including phenoxy) is 1. The van der Waals surface area contributed by atoms with Crippen LogP contribution in [-0.2, 0) is 0 Å². The maximum absolute atomic E-state index is 11.8. The van der Waals surface area contributed by atoms with Crippen LogP contribution in [0, 0.1) is 6.07 Å². The van der Waals surface area contributed by atoms with Crippen molar-refractivity contribution >= 4 is 31.9 Å². The van der Waals surface area contributed by atoms with E-state index in [1.807, 2.05) is 0 Å². The third-order valence-corrected chi connectivity index (χ3v) is 2.28. The molecule has 0 spiro atoms. The molecule has 0 aliphatic heterocycles. The monoisotopic (exact) mass is 299 g/mol. The van der Waals surface area contributed by atoms with Crippen molar-refractivity contribution in [2.24, 2.45) is 0 Å². The van der Waals surface area contributed by atoms with Gasteiger partial charge in [-0.2, -0.15) is 8.78 Å². The quantitative estimate of drug-likeness (QED) is 0.811. The molecular formula is C7H3Br2F2O. The average molecular weight is 301 g/mol. The highest BCUT2D eigenvalue weighted by Gasteiger charge is 2.11. The van der Waals surface area contributed by atoms with Gasteiger partial charge in [0.2, 0.25) is 0 Å². The number of halogens is 4. The van der Waals surface area contributed by atoms with Crippen molar-refractivity contribution in [2.75, 3.05) is 0 Å². The number of hydrogen-bond donors (Lipinski definition) is 0. The van der Waals surface area contributed by atoms with Gasteiger partial charge in [0.05, 0.1) is 8.95 Å². The van der Waals surface area contributed by atoms with Crippen LogP contribution in [0.25, 0.3) is 0 Å². The highest BCUT2D eigenvalue weighted by Crippen LogP contribution is 2.33. The molecule has 1 aromatic carbocycles. The van der Waals surface area contributed by atoms with Gasteiger partial charge in [-0.25, -0.2) is 0 Å². The Morgan fingerprint density at radius 1 is 1.42 bits per heavy atom. The van der Waals surface area contributed by atoms with Crippen LogP contribution in [0.5, 0.6) is 5.75 Å². The molecule has 12 heavy (non-hydrogen) atoms. The largest absolute Gasteiger partial charge is 0.432 e. The minimum Gasteiger partial charge on any atom is -0.432 e. The molecule has 0 aliphatic carbocycles. The van der Waals surface area contributed by atoms with E-state index >= 15 is 0 Å². The van der Waals surface area contributed by atoms with Crippen molar-refractivity contribution in [3.8, 4) is 5.75 Å². The van der Waals surface area contributed by atoms with Crippen molar-refractivity contribution in [3.63, 3.8) is 0 Å². The molecule has 0 amide bonds. The fourth-order valence-electron chi connectivity index (χ4n) is 0.631. The number of alkyl halides is 2. The first-order valence-corrected chi connectivity index (χ1v) is 4.50. The van der Waals surface area contributed by atoms with E-state index in [9.17, 15) is 8.78 Å². The molecule has 0 atom stereocenters. The first-order chi connectivity index (χ1) is 5.61. The van der Waals surface area contributed by atoms with Crippen LogP contribution >= 0.6 is 31.9 Å². The summed E-state index contributed by atoms with van der Waals surface area (Å²) >= 11 is 6.10. The minimum absolute atomic E-state index is 0.0625. The van der Waals surface area contributed by atoms with Gasteiger partial charge >= 0.3 is 6.61 Å². The molecule has 0 saturated heterocycles. The zero-order valence-corrected chi connectivity index (χ0v) is 8.82. The van der Waals surface area contributed by atoms with E-state index < -0.39 is 6.61 Å². The Morgan fingerprint density at radius 2 is 2.08 bits per heavy atom. The van der Waals surface area contributed by atoms with Crippen LogP contribution in [0.4, 0.5) is 8.78 Å². The van der Waals surface area contributed by atoms with Crippen LogP contribution in [0.3, 0.4) is 0 Å². The van der Waals surface area contributed by atoms with Crippen molar-refractivity contribution in [2.45, 2.75) is 6.61 Å². The molecular weight excluding hydrogens is 298 g/mol. The summed E-state index contributed by atoms with van der Waals surface area (Å²) in [5.74, 6) is 0.0625. The second kappa shape index (κ2) is 4.18. The molecule has 0 aliphatic rings. The van der Waals surface area contributed by atoms with Gasteiger partial charge < -0.3 is 4.74 Å². The maximum atomic E-state index is 11.8. The van der Waals surface area contributed by atoms with Crippen LogP contribution in [0.1, 0.15) is 0 Å². The normalized spacial score (nSPS) is 10.4. The lowest BCUT2D eigenvalue weighted by atomic mass is 10.3. The van der Waals surface area contributed by atoms with Gasteiger partial charge in [0, 0.05) is 6.07 Å². The summed E-state index contributed by atoms with van der Waals surface area (Å²) < 4.78 is 28.7. The molecule has 1 aromatic rings. The molecule has 1 radical (unpaired) electrons. The Labute approximate surface area is 85.0 Å². The zero-order chi connectivity index (χ0) is 9.14. The molecule has 0 saturated carbocycles. The van der Waals surface area contributed by atoms with Crippen LogP contribution in [0.2, 0.25) is 0 Å². The molecule has 0 aromatic heterocycles. The van der Waals surface area contributed by atoms with E-state index in [-0.39, 0.29) is 5.75 Å². The smallest absolute Gasteiger partial charge is 0.387 e. The molecule has 65 valence electrons. The Morgan fingerprint density at radius 3 is 2.58 bits per heavy atom. The van der Waals surface area contributed by atoms with E-state index in [0.717, 1.165) is 0 Å².